The lowest BCUT2D eigenvalue weighted by molar-refractivity contribution is 0.580. The summed E-state index contributed by atoms with van der Waals surface area (Å²) in [6, 6.07) is 13.5. The van der Waals surface area contributed by atoms with Crippen LogP contribution in [0.4, 0.5) is 0 Å². The number of sulfonamides is 1. The number of pyridine rings is 1. The molecule has 0 saturated heterocycles. The minimum Gasteiger partial charge on any atom is -0.241 e. The van der Waals surface area contributed by atoms with Crippen molar-refractivity contribution in [3.05, 3.63) is 65.4 Å². The first-order valence-corrected chi connectivity index (χ1v) is 8.09. The average molecular weight is 322 g/mol. The van der Waals surface area contributed by atoms with Gasteiger partial charge < -0.3 is 0 Å². The summed E-state index contributed by atoms with van der Waals surface area (Å²) in [5.41, 5.74) is 1.57. The lowest BCUT2D eigenvalue weighted by Crippen LogP contribution is -2.23. The van der Waals surface area contributed by atoms with Crippen LogP contribution < -0.4 is 4.72 Å². The summed E-state index contributed by atoms with van der Waals surface area (Å²) >= 11 is 5.75. The highest BCUT2D eigenvalue weighted by atomic mass is 35.5. The Hall–Kier alpha value is -1.89. The van der Waals surface area contributed by atoms with E-state index >= 15 is 0 Å². The van der Waals surface area contributed by atoms with E-state index < -0.39 is 10.0 Å². The highest BCUT2D eigenvalue weighted by Crippen LogP contribution is 2.14. The first kappa shape index (κ1) is 14.1. The van der Waals surface area contributed by atoms with Gasteiger partial charge in [0.2, 0.25) is 10.0 Å². The third-order valence-corrected chi connectivity index (χ3v) is 4.66. The molecule has 21 heavy (non-hydrogen) atoms. The maximum atomic E-state index is 12.1. The van der Waals surface area contributed by atoms with E-state index in [9.17, 15) is 8.42 Å². The van der Waals surface area contributed by atoms with Crippen LogP contribution in [0.3, 0.4) is 0 Å². The normalized spacial score (nSPS) is 11.9. The zero-order valence-corrected chi connectivity index (χ0v) is 12.5. The maximum absolute atomic E-state index is 12.1. The summed E-state index contributed by atoms with van der Waals surface area (Å²) in [5.74, 6) is 0. The molecule has 0 bridgehead atoms. The molecule has 0 saturated carbocycles. The Morgan fingerprint density at radius 1 is 1.14 bits per heavy atom. The molecular weight excluding hydrogens is 310 g/mol. The van der Waals surface area contributed by atoms with Crippen LogP contribution in [0.5, 0.6) is 0 Å². The number of nitrogens with zero attached hydrogens (tertiary/aromatic N) is 2. The number of halogens is 1. The second kappa shape index (κ2) is 5.48. The van der Waals surface area contributed by atoms with Crippen LogP contribution in [0, 0.1) is 0 Å². The molecule has 0 atom stereocenters. The van der Waals surface area contributed by atoms with Gasteiger partial charge in [-0.2, -0.15) is 5.10 Å². The average Bonchev–Trinajstić information content (AvgIpc) is 2.89. The Morgan fingerprint density at radius 2 is 1.90 bits per heavy atom. The maximum Gasteiger partial charge on any atom is 0.240 e. The molecule has 2 aromatic heterocycles. The zero-order chi connectivity index (χ0) is 14.9. The lowest BCUT2D eigenvalue weighted by atomic mass is 10.3. The van der Waals surface area contributed by atoms with Gasteiger partial charge in [-0.25, -0.2) is 17.7 Å². The van der Waals surface area contributed by atoms with Gasteiger partial charge in [-0.3, -0.25) is 0 Å². The molecule has 0 unspecified atom stereocenters. The van der Waals surface area contributed by atoms with E-state index in [1.807, 2.05) is 30.5 Å². The molecule has 3 aromatic rings. The molecule has 0 radical (unpaired) electrons. The second-order valence-electron chi connectivity index (χ2n) is 4.48. The van der Waals surface area contributed by atoms with Crippen molar-refractivity contribution in [3.63, 3.8) is 0 Å². The molecule has 1 aromatic carbocycles. The van der Waals surface area contributed by atoms with Gasteiger partial charge in [0.05, 0.1) is 22.7 Å². The van der Waals surface area contributed by atoms with Gasteiger partial charge in [0.25, 0.3) is 0 Å². The Kier molecular flexibility index (Phi) is 3.67. The van der Waals surface area contributed by atoms with Crippen molar-refractivity contribution in [3.8, 4) is 0 Å². The van der Waals surface area contributed by atoms with E-state index in [0.29, 0.717) is 10.7 Å². The van der Waals surface area contributed by atoms with Gasteiger partial charge in [-0.1, -0.05) is 17.7 Å². The van der Waals surface area contributed by atoms with Crippen LogP contribution in [0.1, 0.15) is 5.69 Å². The molecule has 7 heteroatoms. The van der Waals surface area contributed by atoms with Crippen LogP contribution >= 0.6 is 11.6 Å². The topological polar surface area (TPSA) is 63.5 Å². The van der Waals surface area contributed by atoms with E-state index in [0.717, 1.165) is 5.52 Å². The van der Waals surface area contributed by atoms with Crippen molar-refractivity contribution in [1.82, 2.24) is 14.3 Å². The van der Waals surface area contributed by atoms with Crippen molar-refractivity contribution < 1.29 is 8.42 Å². The van der Waals surface area contributed by atoms with Crippen LogP contribution in [0.25, 0.3) is 5.52 Å². The van der Waals surface area contributed by atoms with Crippen LogP contribution in [0.15, 0.2) is 59.6 Å². The Bertz CT molecular complexity index is 840. The molecule has 0 aliphatic carbocycles. The molecular formula is C14H12ClN3O2S. The summed E-state index contributed by atoms with van der Waals surface area (Å²) in [7, 11) is -3.57. The highest BCUT2D eigenvalue weighted by Gasteiger charge is 2.14. The molecule has 0 spiro atoms. The fraction of sp³-hybridized carbons (Fsp3) is 0.0714. The van der Waals surface area contributed by atoms with Crippen molar-refractivity contribution in [2.24, 2.45) is 0 Å². The smallest absolute Gasteiger partial charge is 0.240 e. The van der Waals surface area contributed by atoms with Crippen LogP contribution in [-0.2, 0) is 16.6 Å². The van der Waals surface area contributed by atoms with Gasteiger partial charge in [0.15, 0.2) is 0 Å². The van der Waals surface area contributed by atoms with Crippen LogP contribution in [0.2, 0.25) is 5.02 Å². The molecule has 1 N–H and O–H groups in total. The number of hydrogen-bond donors (Lipinski definition) is 1. The predicted octanol–water partition coefficient (Wildman–Crippen LogP) is 2.47. The van der Waals surface area contributed by atoms with Crippen LogP contribution in [-0.4, -0.2) is 18.0 Å². The molecule has 0 aliphatic heterocycles. The number of benzene rings is 1. The van der Waals surface area contributed by atoms with Gasteiger partial charge in [0, 0.05) is 11.2 Å². The molecule has 3 rings (SSSR count). The van der Waals surface area contributed by atoms with E-state index in [2.05, 4.69) is 9.82 Å². The van der Waals surface area contributed by atoms with Gasteiger partial charge in [0.1, 0.15) is 0 Å². The number of nitrogens with one attached hydrogen (secondary N) is 1. The SMILES string of the molecule is O=S(=O)(NCc1cc2ccccn2n1)c1ccc(Cl)cc1. The molecule has 0 fully saturated rings. The third kappa shape index (κ3) is 3.07. The summed E-state index contributed by atoms with van der Waals surface area (Å²) in [6.45, 7) is 0.132. The van der Waals surface area contributed by atoms with E-state index in [1.165, 1.54) is 12.1 Å². The van der Waals surface area contributed by atoms with Gasteiger partial charge >= 0.3 is 0 Å². The summed E-state index contributed by atoms with van der Waals surface area (Å²) in [4.78, 5) is 0.177. The molecule has 0 amide bonds. The predicted molar refractivity (Wildman–Crippen MR) is 80.7 cm³/mol. The molecule has 0 aliphatic rings. The summed E-state index contributed by atoms with van der Waals surface area (Å²) in [6.07, 6.45) is 1.81. The second-order valence-corrected chi connectivity index (χ2v) is 6.69. The summed E-state index contributed by atoms with van der Waals surface area (Å²) < 4.78 is 28.5. The van der Waals surface area contributed by atoms with Crippen molar-refractivity contribution in [2.75, 3.05) is 0 Å². The minimum atomic E-state index is -3.57. The van der Waals surface area contributed by atoms with E-state index in [-0.39, 0.29) is 11.4 Å². The third-order valence-electron chi connectivity index (χ3n) is 2.99. The number of fused-ring (bicyclic) bond motifs is 1. The quantitative estimate of drug-likeness (QED) is 0.803. The van der Waals surface area contributed by atoms with Gasteiger partial charge in [-0.05, 0) is 42.5 Å². The minimum absolute atomic E-state index is 0.132. The van der Waals surface area contributed by atoms with Crippen molar-refractivity contribution in [1.29, 1.82) is 0 Å². The monoisotopic (exact) mass is 321 g/mol. The first-order chi connectivity index (χ1) is 10.0. The number of hydrogen-bond acceptors (Lipinski definition) is 3. The number of rotatable bonds is 4. The van der Waals surface area contributed by atoms with Gasteiger partial charge in [-0.15, -0.1) is 0 Å². The number of aromatic nitrogens is 2. The zero-order valence-electron chi connectivity index (χ0n) is 10.9. The van der Waals surface area contributed by atoms with E-state index in [4.69, 9.17) is 11.6 Å². The first-order valence-electron chi connectivity index (χ1n) is 6.23. The molecule has 108 valence electrons. The van der Waals surface area contributed by atoms with Crippen molar-refractivity contribution in [2.45, 2.75) is 11.4 Å². The standard InChI is InChI=1S/C14H12ClN3O2S/c15-11-4-6-14(7-5-11)21(19,20)16-10-12-9-13-3-1-2-8-18(13)17-12/h1-9,16H,10H2. The highest BCUT2D eigenvalue weighted by molar-refractivity contribution is 7.89. The molecule has 5 nitrogen and oxygen atoms in total. The lowest BCUT2D eigenvalue weighted by Gasteiger charge is -2.05. The Morgan fingerprint density at radius 3 is 2.62 bits per heavy atom. The fourth-order valence-corrected chi connectivity index (χ4v) is 3.07. The van der Waals surface area contributed by atoms with Crippen molar-refractivity contribution >= 4 is 27.1 Å². The Balaban J connectivity index is 1.78. The molecule has 2 heterocycles. The summed E-state index contributed by atoms with van der Waals surface area (Å²) in [5, 5.41) is 4.79. The largest absolute Gasteiger partial charge is 0.241 e. The Labute approximate surface area is 127 Å². The van der Waals surface area contributed by atoms with E-state index in [1.54, 1.807) is 16.6 Å². The fourth-order valence-electron chi connectivity index (χ4n) is 1.94.